The highest BCUT2D eigenvalue weighted by atomic mass is 19.1. The van der Waals surface area contributed by atoms with Crippen LogP contribution in [-0.4, -0.2) is 22.4 Å². The van der Waals surface area contributed by atoms with Crippen LogP contribution in [0, 0.1) is 5.82 Å². The van der Waals surface area contributed by atoms with Gasteiger partial charge in [-0.3, -0.25) is 9.78 Å². The van der Waals surface area contributed by atoms with Crippen LogP contribution in [0.15, 0.2) is 73.1 Å². The van der Waals surface area contributed by atoms with Crippen LogP contribution in [0.2, 0.25) is 0 Å². The number of aryl methyl sites for hydroxylation is 1. The molecule has 4 nitrogen and oxygen atoms in total. The summed E-state index contributed by atoms with van der Waals surface area (Å²) in [6.45, 7) is 0.568. The smallest absolute Gasteiger partial charge is 0.220 e. The summed E-state index contributed by atoms with van der Waals surface area (Å²) < 4.78 is 13.9. The molecule has 0 aliphatic carbocycles. The van der Waals surface area contributed by atoms with Crippen molar-refractivity contribution >= 4 is 16.8 Å². The third-order valence-electron chi connectivity index (χ3n) is 4.99. The van der Waals surface area contributed by atoms with E-state index in [9.17, 15) is 9.18 Å². The number of fused-ring (bicyclic) bond motifs is 1. The SMILES string of the molecule is O=C(CCc1c(-c2ccccc2)[nH]c2ccc(F)cc12)NCCc1cccnc1. The summed E-state index contributed by atoms with van der Waals surface area (Å²) >= 11 is 0. The molecule has 2 aromatic heterocycles. The molecule has 2 heterocycles. The molecule has 0 spiro atoms. The number of carbonyl (C=O) groups excluding carboxylic acids is 1. The monoisotopic (exact) mass is 387 g/mol. The Hall–Kier alpha value is -3.47. The maximum absolute atomic E-state index is 13.9. The first-order valence-corrected chi connectivity index (χ1v) is 9.72. The van der Waals surface area contributed by atoms with Crippen molar-refractivity contribution in [1.82, 2.24) is 15.3 Å². The van der Waals surface area contributed by atoms with Crippen molar-refractivity contribution in [3.63, 3.8) is 0 Å². The second-order valence-electron chi connectivity index (χ2n) is 7.00. The highest BCUT2D eigenvalue weighted by Gasteiger charge is 2.15. The average Bonchev–Trinajstić information content (AvgIpc) is 3.11. The van der Waals surface area contributed by atoms with Crippen molar-refractivity contribution in [2.45, 2.75) is 19.3 Å². The molecule has 0 aliphatic heterocycles. The van der Waals surface area contributed by atoms with Crippen LogP contribution in [0.3, 0.4) is 0 Å². The van der Waals surface area contributed by atoms with Crippen LogP contribution in [-0.2, 0) is 17.6 Å². The van der Waals surface area contributed by atoms with Crippen molar-refractivity contribution in [2.75, 3.05) is 6.54 Å². The molecule has 0 radical (unpaired) electrons. The zero-order valence-corrected chi connectivity index (χ0v) is 16.0. The highest BCUT2D eigenvalue weighted by molar-refractivity contribution is 5.91. The molecular weight excluding hydrogens is 365 g/mol. The fourth-order valence-corrected chi connectivity index (χ4v) is 3.55. The topological polar surface area (TPSA) is 57.8 Å². The van der Waals surface area contributed by atoms with Crippen LogP contribution in [0.5, 0.6) is 0 Å². The predicted molar refractivity (Wildman–Crippen MR) is 113 cm³/mol. The summed E-state index contributed by atoms with van der Waals surface area (Å²) in [6.07, 6.45) is 5.16. The van der Waals surface area contributed by atoms with Crippen LogP contribution in [0.25, 0.3) is 22.2 Å². The molecule has 0 bridgehead atoms. The number of carbonyl (C=O) groups is 1. The Morgan fingerprint density at radius 3 is 2.69 bits per heavy atom. The second-order valence-corrected chi connectivity index (χ2v) is 7.00. The number of nitrogens with one attached hydrogen (secondary N) is 2. The third kappa shape index (κ3) is 4.51. The highest BCUT2D eigenvalue weighted by Crippen LogP contribution is 2.31. The zero-order chi connectivity index (χ0) is 20.1. The number of benzene rings is 2. The first kappa shape index (κ1) is 18.9. The van der Waals surface area contributed by atoms with Crippen LogP contribution in [0.4, 0.5) is 4.39 Å². The maximum Gasteiger partial charge on any atom is 0.220 e. The van der Waals surface area contributed by atoms with Gasteiger partial charge in [-0.25, -0.2) is 4.39 Å². The molecule has 2 N–H and O–H groups in total. The van der Waals surface area contributed by atoms with E-state index >= 15 is 0 Å². The van der Waals surface area contributed by atoms with Crippen molar-refractivity contribution in [2.24, 2.45) is 0 Å². The van der Waals surface area contributed by atoms with E-state index in [1.165, 1.54) is 12.1 Å². The van der Waals surface area contributed by atoms with E-state index in [0.717, 1.165) is 39.7 Å². The number of rotatable bonds is 7. The Morgan fingerprint density at radius 2 is 1.90 bits per heavy atom. The fourth-order valence-electron chi connectivity index (χ4n) is 3.55. The van der Waals surface area contributed by atoms with Gasteiger partial charge in [0.1, 0.15) is 5.82 Å². The van der Waals surface area contributed by atoms with Crippen LogP contribution in [0.1, 0.15) is 17.5 Å². The van der Waals surface area contributed by atoms with E-state index in [1.807, 2.05) is 42.5 Å². The number of amides is 1. The molecule has 146 valence electrons. The molecule has 2 aromatic carbocycles. The van der Waals surface area contributed by atoms with Gasteiger partial charge in [-0.2, -0.15) is 0 Å². The average molecular weight is 387 g/mol. The van der Waals surface area contributed by atoms with Crippen LogP contribution < -0.4 is 5.32 Å². The van der Waals surface area contributed by atoms with E-state index in [0.29, 0.717) is 19.4 Å². The van der Waals surface area contributed by atoms with Gasteiger partial charge >= 0.3 is 0 Å². The molecule has 4 rings (SSSR count). The van der Waals surface area contributed by atoms with Gasteiger partial charge in [-0.1, -0.05) is 36.4 Å². The van der Waals surface area contributed by atoms with Gasteiger partial charge < -0.3 is 10.3 Å². The Labute approximate surface area is 168 Å². The molecule has 0 saturated carbocycles. The molecule has 0 saturated heterocycles. The summed E-state index contributed by atoms with van der Waals surface area (Å²) in [5.74, 6) is -0.295. The van der Waals surface area contributed by atoms with Crippen molar-refractivity contribution in [3.8, 4) is 11.3 Å². The predicted octanol–water partition coefficient (Wildman–Crippen LogP) is 4.66. The Morgan fingerprint density at radius 1 is 1.03 bits per heavy atom. The Balaban J connectivity index is 1.48. The van der Waals surface area contributed by atoms with Gasteiger partial charge in [0.25, 0.3) is 0 Å². The molecule has 4 aromatic rings. The van der Waals surface area contributed by atoms with E-state index < -0.39 is 0 Å². The summed E-state index contributed by atoms with van der Waals surface area (Å²) in [5.41, 5.74) is 4.89. The van der Waals surface area contributed by atoms with Gasteiger partial charge in [-0.05, 0) is 53.8 Å². The largest absolute Gasteiger partial charge is 0.356 e. The van der Waals surface area contributed by atoms with Gasteiger partial charge in [0.05, 0.1) is 0 Å². The maximum atomic E-state index is 13.9. The molecule has 0 aliphatic rings. The minimum atomic E-state index is -0.279. The zero-order valence-electron chi connectivity index (χ0n) is 16.0. The minimum Gasteiger partial charge on any atom is -0.356 e. The normalized spacial score (nSPS) is 10.9. The van der Waals surface area contributed by atoms with Crippen LogP contribution >= 0.6 is 0 Å². The second kappa shape index (κ2) is 8.69. The summed E-state index contributed by atoms with van der Waals surface area (Å²) in [4.78, 5) is 19.8. The molecule has 0 unspecified atom stereocenters. The lowest BCUT2D eigenvalue weighted by atomic mass is 10.0. The van der Waals surface area contributed by atoms with E-state index in [-0.39, 0.29) is 11.7 Å². The molecule has 5 heteroatoms. The molecular formula is C24H22FN3O. The van der Waals surface area contributed by atoms with Gasteiger partial charge in [-0.15, -0.1) is 0 Å². The van der Waals surface area contributed by atoms with E-state index in [2.05, 4.69) is 15.3 Å². The summed E-state index contributed by atoms with van der Waals surface area (Å²) in [5, 5.41) is 3.79. The number of hydrogen-bond donors (Lipinski definition) is 2. The van der Waals surface area contributed by atoms with Crippen molar-refractivity contribution in [3.05, 3.63) is 90.0 Å². The van der Waals surface area contributed by atoms with E-state index in [1.54, 1.807) is 18.5 Å². The molecule has 1 amide bonds. The molecule has 0 atom stereocenters. The quantitative estimate of drug-likeness (QED) is 0.485. The number of nitrogens with zero attached hydrogens (tertiary/aromatic N) is 1. The lowest BCUT2D eigenvalue weighted by molar-refractivity contribution is -0.121. The Bertz CT molecular complexity index is 1110. The first-order chi connectivity index (χ1) is 14.2. The number of pyridine rings is 1. The fraction of sp³-hybridized carbons (Fsp3) is 0.167. The van der Waals surface area contributed by atoms with E-state index in [4.69, 9.17) is 0 Å². The molecule has 29 heavy (non-hydrogen) atoms. The summed E-state index contributed by atoms with van der Waals surface area (Å²) in [7, 11) is 0. The van der Waals surface area contributed by atoms with Crippen molar-refractivity contribution < 1.29 is 9.18 Å². The Kier molecular flexibility index (Phi) is 5.66. The number of aromatic amines is 1. The third-order valence-corrected chi connectivity index (χ3v) is 4.99. The number of aromatic nitrogens is 2. The van der Waals surface area contributed by atoms with Gasteiger partial charge in [0, 0.05) is 42.0 Å². The number of H-pyrrole nitrogens is 1. The number of halogens is 1. The summed E-state index contributed by atoms with van der Waals surface area (Å²) in [6, 6.07) is 18.5. The number of hydrogen-bond acceptors (Lipinski definition) is 2. The first-order valence-electron chi connectivity index (χ1n) is 9.72. The lowest BCUT2D eigenvalue weighted by Crippen LogP contribution is -2.25. The minimum absolute atomic E-state index is 0.0151. The van der Waals surface area contributed by atoms with Crippen molar-refractivity contribution in [1.29, 1.82) is 0 Å². The van der Waals surface area contributed by atoms with Gasteiger partial charge in [0.2, 0.25) is 5.91 Å². The lowest BCUT2D eigenvalue weighted by Gasteiger charge is -2.07. The molecule has 0 fully saturated rings. The van der Waals surface area contributed by atoms with Gasteiger partial charge in [0.15, 0.2) is 0 Å². The standard InChI is InChI=1S/C24H22FN3O/c25-19-8-10-22-21(15-19)20(24(28-22)18-6-2-1-3-7-18)9-11-23(29)27-14-12-17-5-4-13-26-16-17/h1-8,10,13,15-16,28H,9,11-12,14H2,(H,27,29).